The van der Waals surface area contributed by atoms with Crippen LogP contribution >= 0.6 is 0 Å². The van der Waals surface area contributed by atoms with Crippen LogP contribution in [-0.4, -0.2) is 67.9 Å². The Kier molecular flexibility index (Phi) is 10.6. The average molecular weight is 465 g/mol. The smallest absolute Gasteiger partial charge is 0.332 e. The molecule has 1 N–H and O–H groups in total. The van der Waals surface area contributed by atoms with Crippen molar-refractivity contribution in [1.29, 1.82) is 0 Å². The molecule has 2 amide bonds. The number of nitrogens with zero attached hydrogens (tertiary/aromatic N) is 1. The van der Waals surface area contributed by atoms with Crippen molar-refractivity contribution in [2.24, 2.45) is 17.8 Å². The van der Waals surface area contributed by atoms with E-state index in [0.717, 1.165) is 19.3 Å². The topological polar surface area (TPSA) is 94.2 Å². The van der Waals surface area contributed by atoms with Crippen molar-refractivity contribution in [3.63, 3.8) is 0 Å². The van der Waals surface area contributed by atoms with E-state index in [-0.39, 0.29) is 37.2 Å². The maximum Gasteiger partial charge on any atom is 0.332 e. The van der Waals surface area contributed by atoms with E-state index in [4.69, 9.17) is 14.2 Å². The summed E-state index contributed by atoms with van der Waals surface area (Å²) in [6.45, 7) is 12.6. The van der Waals surface area contributed by atoms with Crippen molar-refractivity contribution < 1.29 is 28.6 Å². The van der Waals surface area contributed by atoms with Crippen LogP contribution in [0, 0.1) is 17.8 Å². The Hall–Kier alpha value is -2.19. The van der Waals surface area contributed by atoms with Crippen LogP contribution in [0.15, 0.2) is 25.3 Å². The number of hydrogen-bond donors (Lipinski definition) is 1. The van der Waals surface area contributed by atoms with Crippen molar-refractivity contribution in [3.05, 3.63) is 25.3 Å². The van der Waals surface area contributed by atoms with Crippen molar-refractivity contribution >= 4 is 17.8 Å². The van der Waals surface area contributed by atoms with Gasteiger partial charge in [-0.3, -0.25) is 9.59 Å². The Balaban J connectivity index is 2.11. The lowest BCUT2D eigenvalue weighted by Crippen LogP contribution is -2.50. The van der Waals surface area contributed by atoms with E-state index < -0.39 is 23.3 Å². The quantitative estimate of drug-likeness (QED) is 0.173. The summed E-state index contributed by atoms with van der Waals surface area (Å²) in [7, 11) is 1.77. The number of esters is 1. The zero-order chi connectivity index (χ0) is 24.4. The van der Waals surface area contributed by atoms with Crippen molar-refractivity contribution in [2.75, 3.05) is 33.6 Å². The number of allylic oxidation sites excluding steroid dienone is 1. The molecule has 2 saturated carbocycles. The van der Waals surface area contributed by atoms with E-state index in [2.05, 4.69) is 18.5 Å². The summed E-state index contributed by atoms with van der Waals surface area (Å²) in [5.41, 5.74) is -1.08. The summed E-state index contributed by atoms with van der Waals surface area (Å²) in [6, 6.07) is 0. The summed E-state index contributed by atoms with van der Waals surface area (Å²) in [5.74, 6) is -2.11. The second kappa shape index (κ2) is 12.9. The van der Waals surface area contributed by atoms with Crippen LogP contribution in [0.5, 0.6) is 0 Å². The Labute approximate surface area is 197 Å². The van der Waals surface area contributed by atoms with Crippen molar-refractivity contribution in [1.82, 2.24) is 10.2 Å². The highest BCUT2D eigenvalue weighted by Gasteiger charge is 2.62. The van der Waals surface area contributed by atoms with Gasteiger partial charge in [-0.05, 0) is 52.4 Å². The second-order valence-electron chi connectivity index (χ2n) is 8.86. The minimum atomic E-state index is -1.08. The molecule has 0 heterocycles. The first-order valence-corrected chi connectivity index (χ1v) is 12.0. The molecule has 0 spiro atoms. The number of amides is 2. The zero-order valence-corrected chi connectivity index (χ0v) is 20.3. The molecule has 186 valence electrons. The van der Waals surface area contributed by atoms with Crippen LogP contribution in [0.3, 0.4) is 0 Å². The van der Waals surface area contributed by atoms with Crippen LogP contribution in [0.4, 0.5) is 0 Å². The summed E-state index contributed by atoms with van der Waals surface area (Å²) in [6.07, 6.45) is 7.31. The van der Waals surface area contributed by atoms with Gasteiger partial charge in [0.05, 0.1) is 24.5 Å². The number of carbonyl (C=O) groups is 3. The Morgan fingerprint density at radius 1 is 1.12 bits per heavy atom. The number of unbranched alkanes of at least 4 members (excludes halogenated alkanes) is 2. The van der Waals surface area contributed by atoms with Gasteiger partial charge in [0.25, 0.3) is 0 Å². The minimum absolute atomic E-state index is 0.0717. The molecule has 8 heteroatoms. The van der Waals surface area contributed by atoms with Gasteiger partial charge < -0.3 is 24.4 Å². The monoisotopic (exact) mass is 464 g/mol. The van der Waals surface area contributed by atoms with Crippen LogP contribution in [0.25, 0.3) is 0 Å². The SMILES string of the molecule is C=CCCCCN(C)C(=O)C1CC(OCOCC)CC1C(=O)NC1(C(=O)OCC)CC1C=C. The fourth-order valence-corrected chi connectivity index (χ4v) is 4.52. The Bertz CT molecular complexity index is 711. The fraction of sp³-hybridized carbons (Fsp3) is 0.720. The van der Waals surface area contributed by atoms with E-state index in [1.165, 1.54) is 0 Å². The van der Waals surface area contributed by atoms with Crippen LogP contribution in [-0.2, 0) is 28.6 Å². The van der Waals surface area contributed by atoms with Crippen molar-refractivity contribution in [2.45, 2.75) is 64.0 Å². The maximum absolute atomic E-state index is 13.4. The van der Waals surface area contributed by atoms with Gasteiger partial charge in [-0.1, -0.05) is 12.2 Å². The molecule has 5 unspecified atom stereocenters. The second-order valence-corrected chi connectivity index (χ2v) is 8.86. The normalized spacial score (nSPS) is 28.1. The molecule has 33 heavy (non-hydrogen) atoms. The first-order chi connectivity index (χ1) is 15.8. The summed E-state index contributed by atoms with van der Waals surface area (Å²) >= 11 is 0. The van der Waals surface area contributed by atoms with Gasteiger partial charge in [0.15, 0.2) is 0 Å². The Morgan fingerprint density at radius 2 is 1.85 bits per heavy atom. The number of ether oxygens (including phenoxy) is 3. The molecule has 0 aliphatic heterocycles. The molecule has 0 aromatic heterocycles. The van der Waals surface area contributed by atoms with E-state index in [1.807, 2.05) is 13.0 Å². The van der Waals surface area contributed by atoms with E-state index in [9.17, 15) is 14.4 Å². The van der Waals surface area contributed by atoms with Gasteiger partial charge in [0.1, 0.15) is 12.3 Å². The molecule has 0 radical (unpaired) electrons. The van der Waals surface area contributed by atoms with Gasteiger partial charge in [0, 0.05) is 26.1 Å². The lowest BCUT2D eigenvalue weighted by molar-refractivity contribution is -0.150. The molecule has 2 rings (SSSR count). The average Bonchev–Trinajstić information content (AvgIpc) is 3.35. The van der Waals surface area contributed by atoms with Gasteiger partial charge in [-0.25, -0.2) is 4.79 Å². The minimum Gasteiger partial charge on any atom is -0.464 e. The maximum atomic E-state index is 13.4. The Morgan fingerprint density at radius 3 is 2.45 bits per heavy atom. The molecule has 5 atom stereocenters. The van der Waals surface area contributed by atoms with E-state index in [1.54, 1.807) is 24.9 Å². The molecular formula is C25H40N2O6. The third kappa shape index (κ3) is 6.90. The van der Waals surface area contributed by atoms with Gasteiger partial charge in [-0.2, -0.15) is 0 Å². The molecule has 0 aromatic rings. The van der Waals surface area contributed by atoms with Crippen LogP contribution in [0.2, 0.25) is 0 Å². The highest BCUT2D eigenvalue weighted by atomic mass is 16.7. The van der Waals surface area contributed by atoms with Gasteiger partial charge in [-0.15, -0.1) is 13.2 Å². The predicted molar refractivity (Wildman–Crippen MR) is 125 cm³/mol. The molecule has 0 bridgehead atoms. The lowest BCUT2D eigenvalue weighted by Gasteiger charge is -2.26. The predicted octanol–water partition coefficient (Wildman–Crippen LogP) is 2.83. The third-order valence-corrected chi connectivity index (χ3v) is 6.58. The largest absolute Gasteiger partial charge is 0.464 e. The molecule has 2 aliphatic rings. The molecule has 8 nitrogen and oxygen atoms in total. The van der Waals surface area contributed by atoms with Crippen LogP contribution < -0.4 is 5.32 Å². The molecule has 2 aliphatic carbocycles. The zero-order valence-electron chi connectivity index (χ0n) is 20.3. The first kappa shape index (κ1) is 27.1. The molecule has 0 saturated heterocycles. The molecular weight excluding hydrogens is 424 g/mol. The van der Waals surface area contributed by atoms with E-state index >= 15 is 0 Å². The van der Waals surface area contributed by atoms with Gasteiger partial charge >= 0.3 is 5.97 Å². The molecule has 2 fully saturated rings. The number of nitrogens with one attached hydrogen (secondary N) is 1. The number of hydrogen-bond acceptors (Lipinski definition) is 6. The number of rotatable bonds is 15. The highest BCUT2D eigenvalue weighted by Crippen LogP contribution is 2.46. The van der Waals surface area contributed by atoms with Crippen molar-refractivity contribution in [3.8, 4) is 0 Å². The first-order valence-electron chi connectivity index (χ1n) is 12.0. The summed E-state index contributed by atoms with van der Waals surface area (Å²) < 4.78 is 16.3. The fourth-order valence-electron chi connectivity index (χ4n) is 4.52. The van der Waals surface area contributed by atoms with Gasteiger partial charge in [0.2, 0.25) is 11.8 Å². The van der Waals surface area contributed by atoms with E-state index in [0.29, 0.717) is 32.4 Å². The van der Waals surface area contributed by atoms with Crippen LogP contribution in [0.1, 0.15) is 52.4 Å². The third-order valence-electron chi connectivity index (χ3n) is 6.58. The standard InChI is InChI=1S/C25H40N2O6/c1-6-10-11-12-13-27(5)23(29)21-15-19(33-17-31-8-3)14-20(21)22(28)26-25(16-18(25)7-2)24(30)32-9-4/h6-7,18-21H,1-2,8-17H2,3-5H3,(H,26,28). The number of carbonyl (C=O) groups excluding carboxylic acids is 3. The summed E-state index contributed by atoms with van der Waals surface area (Å²) in [5, 5.41) is 2.91. The molecule has 0 aromatic carbocycles. The highest BCUT2D eigenvalue weighted by molar-refractivity contribution is 5.94. The summed E-state index contributed by atoms with van der Waals surface area (Å²) in [4.78, 5) is 40.9. The lowest BCUT2D eigenvalue weighted by atomic mass is 9.93.